The van der Waals surface area contributed by atoms with Gasteiger partial charge in [-0.1, -0.05) is 0 Å². The molecule has 0 amide bonds. The van der Waals surface area contributed by atoms with Crippen molar-refractivity contribution < 1.29 is 4.74 Å². The molecule has 1 aliphatic heterocycles. The number of ether oxygens (including phenoxy) is 1. The molecule has 0 unspecified atom stereocenters. The Morgan fingerprint density at radius 2 is 2.45 bits per heavy atom. The van der Waals surface area contributed by atoms with Crippen molar-refractivity contribution in [1.82, 2.24) is 5.32 Å². The fourth-order valence-corrected chi connectivity index (χ4v) is 1.26. The minimum atomic E-state index is 0.0214. The number of hydrogen-bond donors (Lipinski definition) is 3. The molecule has 0 saturated carbocycles. The predicted octanol–water partition coefficient (Wildman–Crippen LogP) is 0.0370. The molecule has 4 nitrogen and oxygen atoms in total. The molecule has 11 heavy (non-hydrogen) atoms. The summed E-state index contributed by atoms with van der Waals surface area (Å²) in [4.78, 5) is 0. The number of nitrogens with one attached hydrogen (secondary N) is 2. The Morgan fingerprint density at radius 1 is 1.73 bits per heavy atom. The van der Waals surface area contributed by atoms with Crippen molar-refractivity contribution in [2.75, 3.05) is 6.54 Å². The average molecular weight is 157 g/mol. The summed E-state index contributed by atoms with van der Waals surface area (Å²) in [5.74, 6) is 0.0214. The van der Waals surface area contributed by atoms with Gasteiger partial charge in [0.15, 0.2) is 5.96 Å². The molecular weight excluding hydrogens is 142 g/mol. The normalized spacial score (nSPS) is 30.3. The van der Waals surface area contributed by atoms with Crippen LogP contribution in [0.1, 0.15) is 19.8 Å². The van der Waals surface area contributed by atoms with Gasteiger partial charge in [-0.25, -0.2) is 0 Å². The minimum Gasteiger partial charge on any atom is -0.373 e. The first-order valence-corrected chi connectivity index (χ1v) is 3.92. The molecule has 0 spiro atoms. The second kappa shape index (κ2) is 3.57. The van der Waals surface area contributed by atoms with E-state index >= 15 is 0 Å². The van der Waals surface area contributed by atoms with Gasteiger partial charge in [0.1, 0.15) is 0 Å². The van der Waals surface area contributed by atoms with Gasteiger partial charge >= 0.3 is 0 Å². The first kappa shape index (κ1) is 8.33. The molecule has 64 valence electrons. The van der Waals surface area contributed by atoms with Crippen LogP contribution in [0.4, 0.5) is 0 Å². The highest BCUT2D eigenvalue weighted by Gasteiger charge is 2.20. The summed E-state index contributed by atoms with van der Waals surface area (Å²) in [6.45, 7) is 2.73. The molecule has 1 fully saturated rings. The second-order valence-electron chi connectivity index (χ2n) is 2.94. The Kier molecular flexibility index (Phi) is 2.70. The van der Waals surface area contributed by atoms with Crippen LogP contribution in [0.25, 0.3) is 0 Å². The van der Waals surface area contributed by atoms with Gasteiger partial charge in [0.2, 0.25) is 0 Å². The summed E-state index contributed by atoms with van der Waals surface area (Å²) in [7, 11) is 0. The van der Waals surface area contributed by atoms with Crippen LogP contribution < -0.4 is 11.1 Å². The number of rotatable bonds is 2. The summed E-state index contributed by atoms with van der Waals surface area (Å²) < 4.78 is 5.50. The van der Waals surface area contributed by atoms with Crippen molar-refractivity contribution in [2.24, 2.45) is 5.73 Å². The fourth-order valence-electron chi connectivity index (χ4n) is 1.26. The molecule has 0 radical (unpaired) electrons. The third-order valence-corrected chi connectivity index (χ3v) is 1.84. The summed E-state index contributed by atoms with van der Waals surface area (Å²) >= 11 is 0. The quantitative estimate of drug-likeness (QED) is 0.391. The van der Waals surface area contributed by atoms with Crippen LogP contribution in [0.15, 0.2) is 0 Å². The molecule has 1 heterocycles. The van der Waals surface area contributed by atoms with Gasteiger partial charge in [-0.3, -0.25) is 5.41 Å². The molecule has 1 aliphatic rings. The van der Waals surface area contributed by atoms with E-state index in [1.54, 1.807) is 0 Å². The maximum Gasteiger partial charge on any atom is 0.185 e. The highest BCUT2D eigenvalue weighted by atomic mass is 16.5. The lowest BCUT2D eigenvalue weighted by Crippen LogP contribution is -2.36. The highest BCUT2D eigenvalue weighted by Crippen LogP contribution is 2.17. The molecule has 0 aromatic rings. The van der Waals surface area contributed by atoms with Gasteiger partial charge in [-0.05, 0) is 19.8 Å². The van der Waals surface area contributed by atoms with Crippen molar-refractivity contribution in [1.29, 1.82) is 5.41 Å². The Labute approximate surface area is 66.6 Å². The molecule has 4 heteroatoms. The van der Waals surface area contributed by atoms with Crippen LogP contribution in [-0.2, 0) is 4.74 Å². The Hall–Kier alpha value is -0.770. The molecule has 0 bridgehead atoms. The monoisotopic (exact) mass is 157 g/mol. The smallest absolute Gasteiger partial charge is 0.185 e. The topological polar surface area (TPSA) is 71.1 Å². The van der Waals surface area contributed by atoms with Crippen LogP contribution in [-0.4, -0.2) is 24.7 Å². The van der Waals surface area contributed by atoms with Crippen molar-refractivity contribution >= 4 is 5.96 Å². The lowest BCUT2D eigenvalue weighted by Gasteiger charge is -2.11. The zero-order valence-corrected chi connectivity index (χ0v) is 6.76. The van der Waals surface area contributed by atoms with E-state index in [1.807, 2.05) is 0 Å². The maximum absolute atomic E-state index is 6.92. The largest absolute Gasteiger partial charge is 0.373 e. The SMILES string of the molecule is C[C@H]1CC[C@@H](CNC(=N)N)O1. The number of nitrogens with two attached hydrogens (primary N) is 1. The van der Waals surface area contributed by atoms with E-state index < -0.39 is 0 Å². The Balaban J connectivity index is 2.13. The summed E-state index contributed by atoms with van der Waals surface area (Å²) in [6.07, 6.45) is 2.80. The lowest BCUT2D eigenvalue weighted by atomic mass is 10.2. The molecule has 2 atom stereocenters. The molecule has 4 N–H and O–H groups in total. The molecule has 1 rings (SSSR count). The second-order valence-corrected chi connectivity index (χ2v) is 2.94. The van der Waals surface area contributed by atoms with Gasteiger partial charge in [0, 0.05) is 6.54 Å². The van der Waals surface area contributed by atoms with E-state index in [9.17, 15) is 0 Å². The number of guanidine groups is 1. The summed E-state index contributed by atoms with van der Waals surface area (Å²) in [6, 6.07) is 0. The summed E-state index contributed by atoms with van der Waals surface area (Å²) in [5.41, 5.74) is 5.12. The van der Waals surface area contributed by atoms with E-state index in [-0.39, 0.29) is 12.1 Å². The highest BCUT2D eigenvalue weighted by molar-refractivity contribution is 5.74. The zero-order chi connectivity index (χ0) is 8.27. The molecule has 0 aliphatic carbocycles. The van der Waals surface area contributed by atoms with E-state index in [2.05, 4.69) is 12.2 Å². The standard InChI is InChI=1S/C7H15N3O/c1-5-2-3-6(11-5)4-10-7(8)9/h5-6H,2-4H2,1H3,(H4,8,9,10)/t5-,6-/m0/s1. The average Bonchev–Trinajstić information content (AvgIpc) is 2.31. The van der Waals surface area contributed by atoms with Crippen LogP contribution >= 0.6 is 0 Å². The molecule has 0 aromatic heterocycles. The van der Waals surface area contributed by atoms with Gasteiger partial charge < -0.3 is 15.8 Å². The van der Waals surface area contributed by atoms with E-state index in [1.165, 1.54) is 0 Å². The maximum atomic E-state index is 6.92. The minimum absolute atomic E-state index is 0.0214. The first-order valence-electron chi connectivity index (χ1n) is 3.92. The van der Waals surface area contributed by atoms with Crippen LogP contribution in [0.5, 0.6) is 0 Å². The number of hydrogen-bond acceptors (Lipinski definition) is 2. The first-order chi connectivity index (χ1) is 5.18. The van der Waals surface area contributed by atoms with Crippen molar-refractivity contribution in [3.63, 3.8) is 0 Å². The van der Waals surface area contributed by atoms with E-state index in [0.29, 0.717) is 12.6 Å². The van der Waals surface area contributed by atoms with Gasteiger partial charge in [0.05, 0.1) is 12.2 Å². The van der Waals surface area contributed by atoms with Crippen LogP contribution in [0.2, 0.25) is 0 Å². The van der Waals surface area contributed by atoms with Gasteiger partial charge in [0.25, 0.3) is 0 Å². The Bertz CT molecular complexity index is 149. The molecular formula is C7H15N3O. The van der Waals surface area contributed by atoms with Crippen LogP contribution in [0, 0.1) is 5.41 Å². The molecule has 1 saturated heterocycles. The van der Waals surface area contributed by atoms with Gasteiger partial charge in [-0.15, -0.1) is 0 Å². The van der Waals surface area contributed by atoms with E-state index in [4.69, 9.17) is 15.9 Å². The summed E-state index contributed by atoms with van der Waals surface area (Å²) in [5, 5.41) is 9.66. The van der Waals surface area contributed by atoms with E-state index in [0.717, 1.165) is 12.8 Å². The third kappa shape index (κ3) is 2.76. The third-order valence-electron chi connectivity index (χ3n) is 1.84. The molecule has 0 aromatic carbocycles. The van der Waals surface area contributed by atoms with Crippen molar-refractivity contribution in [3.05, 3.63) is 0 Å². The van der Waals surface area contributed by atoms with Crippen LogP contribution in [0.3, 0.4) is 0 Å². The van der Waals surface area contributed by atoms with Crippen molar-refractivity contribution in [2.45, 2.75) is 32.0 Å². The Morgan fingerprint density at radius 3 is 2.91 bits per heavy atom. The van der Waals surface area contributed by atoms with Crippen molar-refractivity contribution in [3.8, 4) is 0 Å². The predicted molar refractivity (Wildman–Crippen MR) is 43.5 cm³/mol. The fraction of sp³-hybridized carbons (Fsp3) is 0.857. The zero-order valence-electron chi connectivity index (χ0n) is 6.76. The van der Waals surface area contributed by atoms with Gasteiger partial charge in [-0.2, -0.15) is 0 Å². The lowest BCUT2D eigenvalue weighted by molar-refractivity contribution is 0.0586.